The second kappa shape index (κ2) is 5.85. The number of sulfonamides is 1. The van der Waals surface area contributed by atoms with Crippen molar-refractivity contribution >= 4 is 16.0 Å². The van der Waals surface area contributed by atoms with Gasteiger partial charge in [0.05, 0.1) is 19.4 Å². The molecule has 0 N–H and O–H groups in total. The molecule has 2 aliphatic heterocycles. The lowest BCUT2D eigenvalue weighted by atomic mass is 10.1. The van der Waals surface area contributed by atoms with E-state index >= 15 is 0 Å². The lowest BCUT2D eigenvalue weighted by Crippen LogP contribution is -2.49. The first-order valence-electron chi connectivity index (χ1n) is 7.08. The number of piperazine rings is 1. The summed E-state index contributed by atoms with van der Waals surface area (Å²) < 4.78 is 31.7. The zero-order valence-corrected chi connectivity index (χ0v) is 12.9. The molecule has 3 heterocycles. The van der Waals surface area contributed by atoms with Gasteiger partial charge in [-0.05, 0) is 16.8 Å². The van der Waals surface area contributed by atoms with Gasteiger partial charge in [0.2, 0.25) is 16.0 Å². The van der Waals surface area contributed by atoms with Crippen LogP contribution in [0.25, 0.3) is 0 Å². The highest BCUT2D eigenvalue weighted by Crippen LogP contribution is 2.18. The monoisotopic (exact) mass is 316 g/mol. The van der Waals surface area contributed by atoms with Gasteiger partial charge in [-0.15, -0.1) is 0 Å². The maximum atomic E-state index is 11.5. The molecule has 2 aliphatic rings. The first-order chi connectivity index (χ1) is 10.0. The van der Waals surface area contributed by atoms with Crippen LogP contribution in [0.3, 0.4) is 0 Å². The fraction of sp³-hybridized carbons (Fsp3) is 0.909. The minimum atomic E-state index is -3.12. The molecule has 3 rings (SSSR count). The number of anilines is 1. The fourth-order valence-electron chi connectivity index (χ4n) is 2.74. The Labute approximate surface area is 123 Å². The summed E-state index contributed by atoms with van der Waals surface area (Å²) in [5.74, 6) is 1.17. The van der Waals surface area contributed by atoms with Gasteiger partial charge in [0, 0.05) is 38.7 Å². The van der Waals surface area contributed by atoms with Gasteiger partial charge in [-0.1, -0.05) is 5.10 Å². The average molecular weight is 316 g/mol. The number of aromatic nitrogens is 4. The van der Waals surface area contributed by atoms with E-state index in [4.69, 9.17) is 4.74 Å². The summed E-state index contributed by atoms with van der Waals surface area (Å²) in [7, 11) is -3.12. The normalized spacial score (nSPS) is 24.6. The second-order valence-electron chi connectivity index (χ2n) is 5.54. The number of hydrogen-bond donors (Lipinski definition) is 0. The fourth-order valence-corrected chi connectivity index (χ4v) is 3.56. The minimum Gasteiger partial charge on any atom is -0.381 e. The van der Waals surface area contributed by atoms with Crippen molar-refractivity contribution in [2.24, 2.45) is 5.92 Å². The molecule has 2 fully saturated rings. The van der Waals surface area contributed by atoms with Gasteiger partial charge in [-0.3, -0.25) is 0 Å². The van der Waals surface area contributed by atoms with Crippen LogP contribution in [0.2, 0.25) is 0 Å². The molecule has 10 heteroatoms. The Balaban J connectivity index is 1.64. The third-order valence-corrected chi connectivity index (χ3v) is 5.26. The molecule has 1 aromatic heterocycles. The van der Waals surface area contributed by atoms with Crippen molar-refractivity contribution in [2.75, 3.05) is 50.5 Å². The summed E-state index contributed by atoms with van der Waals surface area (Å²) in [4.78, 5) is 2.04. The summed E-state index contributed by atoms with van der Waals surface area (Å²) in [6.07, 6.45) is 2.27. The molecule has 2 saturated heterocycles. The summed E-state index contributed by atoms with van der Waals surface area (Å²) in [6, 6.07) is 0. The van der Waals surface area contributed by atoms with E-state index in [-0.39, 0.29) is 0 Å². The lowest BCUT2D eigenvalue weighted by Gasteiger charge is -2.33. The van der Waals surface area contributed by atoms with E-state index in [1.165, 1.54) is 10.6 Å². The highest BCUT2D eigenvalue weighted by atomic mass is 32.2. The summed E-state index contributed by atoms with van der Waals surface area (Å²) in [6.45, 7) is 4.45. The van der Waals surface area contributed by atoms with Crippen LogP contribution < -0.4 is 4.90 Å². The number of ether oxygens (including phenoxy) is 1. The summed E-state index contributed by atoms with van der Waals surface area (Å²) in [5.41, 5.74) is 0. The predicted octanol–water partition coefficient (Wildman–Crippen LogP) is -1.21. The Morgan fingerprint density at radius 1 is 1.29 bits per heavy atom. The smallest absolute Gasteiger partial charge is 0.245 e. The van der Waals surface area contributed by atoms with E-state index < -0.39 is 10.0 Å². The van der Waals surface area contributed by atoms with Crippen LogP contribution in [0, 0.1) is 5.92 Å². The predicted molar refractivity (Wildman–Crippen MR) is 75.4 cm³/mol. The molecule has 0 spiro atoms. The van der Waals surface area contributed by atoms with Gasteiger partial charge in [-0.2, -0.15) is 4.31 Å². The van der Waals surface area contributed by atoms with Crippen molar-refractivity contribution in [3.63, 3.8) is 0 Å². The minimum absolute atomic E-state index is 0.449. The lowest BCUT2D eigenvalue weighted by molar-refractivity contribution is 0.181. The molecule has 0 radical (unpaired) electrons. The Bertz CT molecular complexity index is 575. The maximum absolute atomic E-state index is 11.5. The molecule has 21 heavy (non-hydrogen) atoms. The van der Waals surface area contributed by atoms with Crippen molar-refractivity contribution in [3.8, 4) is 0 Å². The number of nitrogens with zero attached hydrogens (tertiary/aromatic N) is 6. The molecule has 1 aromatic rings. The Morgan fingerprint density at radius 3 is 2.67 bits per heavy atom. The molecular weight excluding hydrogens is 296 g/mol. The van der Waals surface area contributed by atoms with Crippen LogP contribution in [-0.4, -0.2) is 78.6 Å². The standard InChI is InChI=1S/C11H20N6O3S/c1-21(18,19)16-5-3-15(4-6-16)11-12-13-14-17(11)8-10-2-7-20-9-10/h10H,2-9H2,1H3. The maximum Gasteiger partial charge on any atom is 0.245 e. The summed E-state index contributed by atoms with van der Waals surface area (Å²) in [5, 5.41) is 11.9. The van der Waals surface area contributed by atoms with Crippen molar-refractivity contribution in [2.45, 2.75) is 13.0 Å². The van der Waals surface area contributed by atoms with Crippen molar-refractivity contribution in [3.05, 3.63) is 0 Å². The average Bonchev–Trinajstić information content (AvgIpc) is 3.10. The number of hydrogen-bond acceptors (Lipinski definition) is 7. The first-order valence-corrected chi connectivity index (χ1v) is 8.93. The Morgan fingerprint density at radius 2 is 2.05 bits per heavy atom. The molecule has 0 aliphatic carbocycles. The Kier molecular flexibility index (Phi) is 4.09. The van der Waals surface area contributed by atoms with E-state index in [0.29, 0.717) is 32.1 Å². The SMILES string of the molecule is CS(=O)(=O)N1CCN(c2nnnn2CC2CCOC2)CC1. The Hall–Kier alpha value is -1.26. The topological polar surface area (TPSA) is 93.5 Å². The molecule has 9 nitrogen and oxygen atoms in total. The van der Waals surface area contributed by atoms with E-state index in [1.54, 1.807) is 4.68 Å². The highest BCUT2D eigenvalue weighted by molar-refractivity contribution is 7.88. The van der Waals surface area contributed by atoms with Gasteiger partial charge in [0.15, 0.2) is 0 Å². The van der Waals surface area contributed by atoms with Crippen LogP contribution in [-0.2, 0) is 21.3 Å². The molecular formula is C11H20N6O3S. The molecule has 1 atom stereocenters. The molecule has 0 bridgehead atoms. The molecule has 0 amide bonds. The van der Waals surface area contributed by atoms with Gasteiger partial charge in [0.1, 0.15) is 0 Å². The van der Waals surface area contributed by atoms with Crippen LogP contribution in [0.4, 0.5) is 5.95 Å². The van der Waals surface area contributed by atoms with E-state index in [1.807, 2.05) is 4.90 Å². The van der Waals surface area contributed by atoms with Crippen LogP contribution >= 0.6 is 0 Å². The van der Waals surface area contributed by atoms with E-state index in [2.05, 4.69) is 15.5 Å². The zero-order valence-electron chi connectivity index (χ0n) is 12.1. The quantitative estimate of drug-likeness (QED) is 0.688. The molecule has 118 valence electrons. The van der Waals surface area contributed by atoms with Crippen LogP contribution in [0.15, 0.2) is 0 Å². The zero-order chi connectivity index (χ0) is 14.9. The summed E-state index contributed by atoms with van der Waals surface area (Å²) >= 11 is 0. The van der Waals surface area contributed by atoms with Crippen LogP contribution in [0.1, 0.15) is 6.42 Å². The van der Waals surface area contributed by atoms with Crippen LogP contribution in [0.5, 0.6) is 0 Å². The molecule has 0 aromatic carbocycles. The number of tetrazole rings is 1. The van der Waals surface area contributed by atoms with Gasteiger partial charge in [-0.25, -0.2) is 13.1 Å². The van der Waals surface area contributed by atoms with Crippen molar-refractivity contribution in [1.82, 2.24) is 24.5 Å². The van der Waals surface area contributed by atoms with Gasteiger partial charge in [0.25, 0.3) is 0 Å². The highest BCUT2D eigenvalue weighted by Gasteiger charge is 2.27. The van der Waals surface area contributed by atoms with E-state index in [0.717, 1.165) is 32.1 Å². The second-order valence-corrected chi connectivity index (χ2v) is 7.52. The first kappa shape index (κ1) is 14.7. The third-order valence-electron chi connectivity index (χ3n) is 3.96. The van der Waals surface area contributed by atoms with Gasteiger partial charge >= 0.3 is 0 Å². The van der Waals surface area contributed by atoms with Crippen molar-refractivity contribution < 1.29 is 13.2 Å². The largest absolute Gasteiger partial charge is 0.381 e. The molecule has 0 saturated carbocycles. The molecule has 1 unspecified atom stereocenters. The van der Waals surface area contributed by atoms with E-state index in [9.17, 15) is 8.42 Å². The third kappa shape index (κ3) is 3.33. The number of rotatable bonds is 4. The van der Waals surface area contributed by atoms with Crippen molar-refractivity contribution in [1.29, 1.82) is 0 Å². The van der Waals surface area contributed by atoms with Gasteiger partial charge < -0.3 is 9.64 Å².